The second-order valence-corrected chi connectivity index (χ2v) is 9.21. The fraction of sp³-hybridized carbons (Fsp3) is 0.217. The van der Waals surface area contributed by atoms with Crippen molar-refractivity contribution < 1.29 is 18.7 Å². The van der Waals surface area contributed by atoms with E-state index in [2.05, 4.69) is 20.4 Å². The summed E-state index contributed by atoms with van der Waals surface area (Å²) in [5, 5.41) is 19.5. The van der Waals surface area contributed by atoms with Crippen LogP contribution in [0.2, 0.25) is 5.02 Å². The van der Waals surface area contributed by atoms with Crippen LogP contribution in [-0.2, 0) is 12.1 Å². The van der Waals surface area contributed by atoms with Crippen LogP contribution in [-0.4, -0.2) is 36.8 Å². The molecule has 34 heavy (non-hydrogen) atoms. The Morgan fingerprint density at radius 3 is 2.65 bits per heavy atom. The zero-order valence-electron chi connectivity index (χ0n) is 18.2. The monoisotopic (exact) mass is 503 g/mol. The van der Waals surface area contributed by atoms with E-state index in [9.17, 15) is 18.7 Å². The molecule has 0 spiro atoms. The van der Waals surface area contributed by atoms with E-state index in [1.54, 1.807) is 31.2 Å². The number of carbonyl (C=O) groups excluding carboxylic acids is 1. The van der Waals surface area contributed by atoms with Crippen LogP contribution < -0.4 is 5.32 Å². The van der Waals surface area contributed by atoms with E-state index in [1.807, 2.05) is 0 Å². The molecule has 0 bridgehead atoms. The van der Waals surface area contributed by atoms with E-state index >= 15 is 0 Å². The largest absolute Gasteiger partial charge is 0.381 e. The van der Waals surface area contributed by atoms with Gasteiger partial charge >= 0.3 is 0 Å². The Labute approximate surface area is 203 Å². The summed E-state index contributed by atoms with van der Waals surface area (Å²) in [6.45, 7) is 3.01. The highest BCUT2D eigenvalue weighted by molar-refractivity contribution is 7.17. The highest BCUT2D eigenvalue weighted by Crippen LogP contribution is 2.32. The molecule has 1 amide bonds. The summed E-state index contributed by atoms with van der Waals surface area (Å²) in [6, 6.07) is 8.96. The summed E-state index contributed by atoms with van der Waals surface area (Å²) in [5.41, 5.74) is -0.827. The van der Waals surface area contributed by atoms with Crippen molar-refractivity contribution in [3.8, 4) is 10.6 Å². The quantitative estimate of drug-likeness (QED) is 0.391. The lowest BCUT2D eigenvalue weighted by Gasteiger charge is -2.35. The van der Waals surface area contributed by atoms with Crippen LogP contribution in [0.3, 0.4) is 0 Å². The van der Waals surface area contributed by atoms with Gasteiger partial charge in [0.2, 0.25) is 0 Å². The number of benzene rings is 2. The Hall–Kier alpha value is -3.21. The topological polar surface area (TPSA) is 92.9 Å². The van der Waals surface area contributed by atoms with Crippen molar-refractivity contribution in [2.24, 2.45) is 0 Å². The fourth-order valence-corrected chi connectivity index (χ4v) is 4.66. The van der Waals surface area contributed by atoms with Gasteiger partial charge in [-0.3, -0.25) is 4.79 Å². The lowest BCUT2D eigenvalue weighted by molar-refractivity contribution is -0.0185. The average molecular weight is 504 g/mol. The predicted molar refractivity (Wildman–Crippen MR) is 125 cm³/mol. The number of hydrogen-bond donors (Lipinski definition) is 2. The van der Waals surface area contributed by atoms with Gasteiger partial charge in [0.05, 0.1) is 18.3 Å². The molecule has 2 unspecified atom stereocenters. The SMILES string of the molecule is Cc1nc(-c2ccc(Cl)cc2)sc1C(=O)NC(C)C(O)(Cn1cncn1)c1ccc(F)cc1F. The Kier molecular flexibility index (Phi) is 6.74. The van der Waals surface area contributed by atoms with E-state index in [0.717, 1.165) is 17.7 Å². The molecule has 2 aromatic heterocycles. The minimum Gasteiger partial charge on any atom is -0.381 e. The summed E-state index contributed by atoms with van der Waals surface area (Å²) >= 11 is 7.13. The van der Waals surface area contributed by atoms with Gasteiger partial charge in [-0.2, -0.15) is 5.10 Å². The van der Waals surface area contributed by atoms with Crippen molar-refractivity contribution in [2.75, 3.05) is 0 Å². The normalized spacial score (nSPS) is 13.9. The molecular weight excluding hydrogens is 484 g/mol. The molecule has 0 fully saturated rings. The molecule has 0 aliphatic carbocycles. The maximum Gasteiger partial charge on any atom is 0.263 e. The molecule has 2 heterocycles. The summed E-state index contributed by atoms with van der Waals surface area (Å²) in [7, 11) is 0. The molecule has 7 nitrogen and oxygen atoms in total. The number of thiazole rings is 1. The number of nitrogens with zero attached hydrogens (tertiary/aromatic N) is 4. The number of aryl methyl sites for hydroxylation is 1. The van der Waals surface area contributed by atoms with Gasteiger partial charge in [0.25, 0.3) is 5.91 Å². The minimum absolute atomic E-state index is 0.180. The number of hydrogen-bond acceptors (Lipinski definition) is 6. The highest BCUT2D eigenvalue weighted by Gasteiger charge is 2.40. The number of aromatic nitrogens is 4. The first-order valence-electron chi connectivity index (χ1n) is 10.2. The second-order valence-electron chi connectivity index (χ2n) is 7.78. The predicted octanol–water partition coefficient (Wildman–Crippen LogP) is 4.35. The maximum absolute atomic E-state index is 14.7. The lowest BCUT2D eigenvalue weighted by atomic mass is 9.86. The summed E-state index contributed by atoms with van der Waals surface area (Å²) in [4.78, 5) is 21.8. The first-order valence-corrected chi connectivity index (χ1v) is 11.4. The lowest BCUT2D eigenvalue weighted by Crippen LogP contribution is -2.51. The maximum atomic E-state index is 14.7. The van der Waals surface area contributed by atoms with Crippen LogP contribution in [0.4, 0.5) is 8.78 Å². The van der Waals surface area contributed by atoms with Gasteiger partial charge in [0.1, 0.15) is 39.8 Å². The molecular formula is C23H20ClF2N5O2S. The first-order chi connectivity index (χ1) is 16.2. The van der Waals surface area contributed by atoms with Crippen molar-refractivity contribution in [1.29, 1.82) is 0 Å². The molecule has 4 aromatic rings. The van der Waals surface area contributed by atoms with E-state index in [1.165, 1.54) is 35.6 Å². The molecule has 11 heteroatoms. The molecule has 2 N–H and O–H groups in total. The smallest absolute Gasteiger partial charge is 0.263 e. The third-order valence-electron chi connectivity index (χ3n) is 5.43. The standard InChI is InChI=1S/C23H20ClF2N5O2S/c1-13-20(34-22(29-13)15-3-5-16(24)6-4-15)21(32)30-14(2)23(33,10-31-12-27-11-28-31)18-8-7-17(25)9-19(18)26/h3-9,11-12,14,33H,10H2,1-2H3,(H,30,32). The number of amides is 1. The zero-order chi connectivity index (χ0) is 24.5. The first kappa shape index (κ1) is 23.9. The Balaban J connectivity index is 1.63. The van der Waals surface area contributed by atoms with Crippen molar-refractivity contribution in [3.63, 3.8) is 0 Å². The number of carbonyl (C=O) groups is 1. The van der Waals surface area contributed by atoms with Crippen LogP contribution in [0.1, 0.15) is 27.9 Å². The van der Waals surface area contributed by atoms with E-state index in [4.69, 9.17) is 11.6 Å². The van der Waals surface area contributed by atoms with Gasteiger partial charge in [-0.05, 0) is 32.0 Å². The molecule has 2 aromatic carbocycles. The average Bonchev–Trinajstić information content (AvgIpc) is 3.43. The second kappa shape index (κ2) is 9.57. The zero-order valence-corrected chi connectivity index (χ0v) is 19.7. The van der Waals surface area contributed by atoms with Crippen molar-refractivity contribution in [2.45, 2.75) is 32.0 Å². The van der Waals surface area contributed by atoms with Gasteiger partial charge < -0.3 is 10.4 Å². The van der Waals surface area contributed by atoms with Gasteiger partial charge in [-0.15, -0.1) is 11.3 Å². The molecule has 4 rings (SSSR count). The molecule has 0 saturated carbocycles. The number of nitrogens with one attached hydrogen (secondary N) is 1. The molecule has 0 saturated heterocycles. The number of aliphatic hydroxyl groups is 1. The molecule has 2 atom stereocenters. The van der Waals surface area contributed by atoms with Crippen molar-refractivity contribution in [3.05, 3.63) is 87.9 Å². The molecule has 176 valence electrons. The molecule has 0 aliphatic heterocycles. The van der Waals surface area contributed by atoms with E-state index in [0.29, 0.717) is 26.7 Å². The Bertz CT molecular complexity index is 1310. The Morgan fingerprint density at radius 1 is 1.26 bits per heavy atom. The van der Waals surface area contributed by atoms with E-state index in [-0.39, 0.29) is 12.1 Å². The van der Waals surface area contributed by atoms with Crippen LogP contribution >= 0.6 is 22.9 Å². The third kappa shape index (κ3) is 4.84. The van der Waals surface area contributed by atoms with E-state index < -0.39 is 29.2 Å². The fourth-order valence-electron chi connectivity index (χ4n) is 3.56. The summed E-state index contributed by atoms with van der Waals surface area (Å²) in [6.07, 6.45) is 2.62. The summed E-state index contributed by atoms with van der Waals surface area (Å²) < 4.78 is 29.5. The van der Waals surface area contributed by atoms with Gasteiger partial charge in [-0.1, -0.05) is 29.8 Å². The molecule has 0 radical (unpaired) electrons. The number of halogens is 3. The molecule has 0 aliphatic rings. The van der Waals surface area contributed by atoms with Crippen molar-refractivity contribution in [1.82, 2.24) is 25.1 Å². The highest BCUT2D eigenvalue weighted by atomic mass is 35.5. The summed E-state index contributed by atoms with van der Waals surface area (Å²) in [5.74, 6) is -2.21. The minimum atomic E-state index is -1.96. The Morgan fingerprint density at radius 2 is 2.00 bits per heavy atom. The van der Waals surface area contributed by atoms with Gasteiger partial charge in [0.15, 0.2) is 0 Å². The van der Waals surface area contributed by atoms with Crippen LogP contribution in [0.15, 0.2) is 55.1 Å². The third-order valence-corrected chi connectivity index (χ3v) is 6.88. The van der Waals surface area contributed by atoms with Crippen LogP contribution in [0.5, 0.6) is 0 Å². The number of rotatable bonds is 7. The van der Waals surface area contributed by atoms with Crippen LogP contribution in [0.25, 0.3) is 10.6 Å². The van der Waals surface area contributed by atoms with Crippen LogP contribution in [0, 0.1) is 18.6 Å². The van der Waals surface area contributed by atoms with Gasteiger partial charge in [0, 0.05) is 22.2 Å². The van der Waals surface area contributed by atoms with Crippen molar-refractivity contribution >= 4 is 28.8 Å². The van der Waals surface area contributed by atoms with Gasteiger partial charge in [-0.25, -0.2) is 23.4 Å².